The number of aliphatic hydroxyl groups is 2. The molecule has 66 valence electrons. The van der Waals surface area contributed by atoms with Gasteiger partial charge in [-0.1, -0.05) is 13.0 Å². The first kappa shape index (κ1) is 10.7. The molecule has 0 aliphatic heterocycles. The van der Waals surface area contributed by atoms with Crippen molar-refractivity contribution in [3.8, 4) is 0 Å². The maximum absolute atomic E-state index is 9.35. The molecule has 2 heteroatoms. The first-order valence-corrected chi connectivity index (χ1v) is 4.12. The van der Waals surface area contributed by atoms with Gasteiger partial charge in [0.05, 0.1) is 6.10 Å². The highest BCUT2D eigenvalue weighted by atomic mass is 16.3. The van der Waals surface area contributed by atoms with Crippen LogP contribution in [0.4, 0.5) is 0 Å². The Balaban J connectivity index is 3.34. The highest BCUT2D eigenvalue weighted by molar-refractivity contribution is 4.69. The van der Waals surface area contributed by atoms with E-state index in [0.29, 0.717) is 0 Å². The Bertz CT molecular complexity index is 102. The fourth-order valence-electron chi connectivity index (χ4n) is 0.878. The van der Waals surface area contributed by atoms with Crippen LogP contribution in [0.15, 0.2) is 12.7 Å². The van der Waals surface area contributed by atoms with Crippen molar-refractivity contribution >= 4 is 0 Å². The second-order valence-electron chi connectivity index (χ2n) is 2.95. The lowest BCUT2D eigenvalue weighted by atomic mass is 10.0. The highest BCUT2D eigenvalue weighted by Gasteiger charge is 2.11. The zero-order valence-corrected chi connectivity index (χ0v) is 7.16. The van der Waals surface area contributed by atoms with Crippen LogP contribution in [0.1, 0.15) is 26.2 Å². The van der Waals surface area contributed by atoms with E-state index >= 15 is 0 Å². The van der Waals surface area contributed by atoms with Crippen molar-refractivity contribution in [2.75, 3.05) is 6.61 Å². The fourth-order valence-corrected chi connectivity index (χ4v) is 0.878. The molecule has 0 unspecified atom stereocenters. The third-order valence-corrected chi connectivity index (χ3v) is 1.85. The first-order valence-electron chi connectivity index (χ1n) is 4.12. The SMILES string of the molecule is C=CCCC[C@@H](O)[C@@H](C)CO. The lowest BCUT2D eigenvalue weighted by Gasteiger charge is -2.15. The van der Waals surface area contributed by atoms with E-state index in [9.17, 15) is 5.11 Å². The van der Waals surface area contributed by atoms with E-state index in [2.05, 4.69) is 6.58 Å². The molecule has 0 aromatic rings. The van der Waals surface area contributed by atoms with Crippen LogP contribution in [-0.2, 0) is 0 Å². The van der Waals surface area contributed by atoms with Gasteiger partial charge in [0.25, 0.3) is 0 Å². The molecule has 2 atom stereocenters. The molecular formula is C9H18O2. The van der Waals surface area contributed by atoms with Crippen LogP contribution in [0.2, 0.25) is 0 Å². The van der Waals surface area contributed by atoms with Crippen molar-refractivity contribution in [2.45, 2.75) is 32.3 Å². The van der Waals surface area contributed by atoms with E-state index in [-0.39, 0.29) is 18.6 Å². The van der Waals surface area contributed by atoms with Crippen LogP contribution in [0.25, 0.3) is 0 Å². The summed E-state index contributed by atoms with van der Waals surface area (Å²) in [4.78, 5) is 0. The quantitative estimate of drug-likeness (QED) is 0.452. The molecule has 0 aromatic carbocycles. The monoisotopic (exact) mass is 158 g/mol. The predicted molar refractivity (Wildman–Crippen MR) is 46.3 cm³/mol. The van der Waals surface area contributed by atoms with Gasteiger partial charge in [-0.25, -0.2) is 0 Å². The maximum atomic E-state index is 9.35. The van der Waals surface area contributed by atoms with Gasteiger partial charge in [-0.2, -0.15) is 0 Å². The summed E-state index contributed by atoms with van der Waals surface area (Å²) in [5.41, 5.74) is 0. The molecule has 0 aliphatic carbocycles. The van der Waals surface area contributed by atoms with Gasteiger partial charge in [-0.15, -0.1) is 6.58 Å². The van der Waals surface area contributed by atoms with E-state index in [1.807, 2.05) is 13.0 Å². The lowest BCUT2D eigenvalue weighted by Crippen LogP contribution is -2.20. The molecule has 0 aromatic heterocycles. The van der Waals surface area contributed by atoms with Crippen LogP contribution in [0.3, 0.4) is 0 Å². The van der Waals surface area contributed by atoms with E-state index < -0.39 is 0 Å². The molecule has 0 spiro atoms. The van der Waals surface area contributed by atoms with Crippen molar-refractivity contribution in [1.82, 2.24) is 0 Å². The van der Waals surface area contributed by atoms with Gasteiger partial charge >= 0.3 is 0 Å². The summed E-state index contributed by atoms with van der Waals surface area (Å²) in [5.74, 6) is -0.000171. The molecule has 2 N–H and O–H groups in total. The zero-order valence-electron chi connectivity index (χ0n) is 7.16. The zero-order chi connectivity index (χ0) is 8.69. The second-order valence-corrected chi connectivity index (χ2v) is 2.95. The summed E-state index contributed by atoms with van der Waals surface area (Å²) in [7, 11) is 0. The molecule has 2 nitrogen and oxygen atoms in total. The van der Waals surface area contributed by atoms with Gasteiger partial charge in [0.15, 0.2) is 0 Å². The van der Waals surface area contributed by atoms with Crippen LogP contribution in [0, 0.1) is 5.92 Å². The molecule has 0 fully saturated rings. The molecule has 0 rings (SSSR count). The Kier molecular flexibility index (Phi) is 6.18. The van der Waals surface area contributed by atoms with Gasteiger partial charge in [-0.3, -0.25) is 0 Å². The molecule has 0 saturated carbocycles. The summed E-state index contributed by atoms with van der Waals surface area (Å²) in [6, 6.07) is 0. The van der Waals surface area contributed by atoms with E-state index in [1.54, 1.807) is 0 Å². The van der Waals surface area contributed by atoms with E-state index in [1.165, 1.54) is 0 Å². The van der Waals surface area contributed by atoms with Crippen molar-refractivity contribution in [3.63, 3.8) is 0 Å². The van der Waals surface area contributed by atoms with E-state index in [4.69, 9.17) is 5.11 Å². The first-order chi connectivity index (χ1) is 5.22. The van der Waals surface area contributed by atoms with Crippen molar-refractivity contribution in [1.29, 1.82) is 0 Å². The topological polar surface area (TPSA) is 40.5 Å². The van der Waals surface area contributed by atoms with Gasteiger partial charge in [-0.05, 0) is 19.3 Å². The van der Waals surface area contributed by atoms with Crippen LogP contribution in [-0.4, -0.2) is 22.9 Å². The Labute approximate surface area is 68.6 Å². The number of aliphatic hydroxyl groups excluding tert-OH is 2. The van der Waals surface area contributed by atoms with Crippen LogP contribution in [0.5, 0.6) is 0 Å². The van der Waals surface area contributed by atoms with E-state index in [0.717, 1.165) is 19.3 Å². The third-order valence-electron chi connectivity index (χ3n) is 1.85. The Morgan fingerprint density at radius 1 is 1.55 bits per heavy atom. The van der Waals surface area contributed by atoms with Crippen molar-refractivity contribution in [3.05, 3.63) is 12.7 Å². The molecule has 0 saturated heterocycles. The number of unbranched alkanes of at least 4 members (excludes halogenated alkanes) is 1. The average Bonchev–Trinajstić information content (AvgIpc) is 2.03. The van der Waals surface area contributed by atoms with Gasteiger partial charge in [0.2, 0.25) is 0 Å². The number of rotatable bonds is 6. The number of hydrogen-bond donors (Lipinski definition) is 2. The predicted octanol–water partition coefficient (Wildman–Crippen LogP) is 1.33. The van der Waals surface area contributed by atoms with Crippen molar-refractivity contribution < 1.29 is 10.2 Å². The fraction of sp³-hybridized carbons (Fsp3) is 0.778. The van der Waals surface area contributed by atoms with Crippen molar-refractivity contribution in [2.24, 2.45) is 5.92 Å². The molecule has 0 bridgehead atoms. The minimum absolute atomic E-state index is 0.000171. The summed E-state index contributed by atoms with van der Waals surface area (Å²) in [5, 5.41) is 18.0. The molecule has 0 heterocycles. The Morgan fingerprint density at radius 3 is 2.64 bits per heavy atom. The van der Waals surface area contributed by atoms with Gasteiger partial charge in [0.1, 0.15) is 0 Å². The molecule has 11 heavy (non-hydrogen) atoms. The van der Waals surface area contributed by atoms with Crippen LogP contribution < -0.4 is 0 Å². The second kappa shape index (κ2) is 6.38. The molecular weight excluding hydrogens is 140 g/mol. The molecule has 0 amide bonds. The highest BCUT2D eigenvalue weighted by Crippen LogP contribution is 2.09. The third kappa shape index (κ3) is 4.99. The van der Waals surface area contributed by atoms with Gasteiger partial charge < -0.3 is 10.2 Å². The smallest absolute Gasteiger partial charge is 0.0587 e. The van der Waals surface area contributed by atoms with Gasteiger partial charge in [0, 0.05) is 12.5 Å². The summed E-state index contributed by atoms with van der Waals surface area (Å²) >= 11 is 0. The largest absolute Gasteiger partial charge is 0.396 e. The maximum Gasteiger partial charge on any atom is 0.0587 e. The average molecular weight is 158 g/mol. The van der Waals surface area contributed by atoms with Crippen LogP contribution >= 0.6 is 0 Å². The lowest BCUT2D eigenvalue weighted by molar-refractivity contribution is 0.0693. The molecule has 0 aliphatic rings. The summed E-state index contributed by atoms with van der Waals surface area (Å²) in [6.45, 7) is 5.50. The Morgan fingerprint density at radius 2 is 2.18 bits per heavy atom. The summed E-state index contributed by atoms with van der Waals surface area (Å²) < 4.78 is 0. The molecule has 0 radical (unpaired) electrons. The number of allylic oxidation sites excluding steroid dienone is 1. The number of hydrogen-bond acceptors (Lipinski definition) is 2. The minimum Gasteiger partial charge on any atom is -0.396 e. The minimum atomic E-state index is -0.361. The summed E-state index contributed by atoms with van der Waals surface area (Å²) in [6.07, 6.45) is 4.13. The Hall–Kier alpha value is -0.340. The standard InChI is InChI=1S/C9H18O2/c1-3-4-5-6-9(11)8(2)7-10/h3,8-11H,1,4-7H2,2H3/t8-,9+/m0/s1. The normalized spacial score (nSPS) is 15.9.